The molecule has 0 saturated heterocycles. The molecule has 0 aliphatic carbocycles. The molecule has 0 spiro atoms. The number of para-hydroxylation sites is 2. The number of hydrogen-bond acceptors (Lipinski definition) is 4. The number of aryl methyl sites for hydroxylation is 1. The van der Waals surface area contributed by atoms with Gasteiger partial charge >= 0.3 is 0 Å². The van der Waals surface area contributed by atoms with Gasteiger partial charge in [-0.15, -0.1) is 11.3 Å². The Labute approximate surface area is 145 Å². The smallest absolute Gasteiger partial charge is 0.259 e. The average Bonchev–Trinajstić information content (AvgIpc) is 3.02. The molecule has 5 heteroatoms. The minimum absolute atomic E-state index is 0.196. The van der Waals surface area contributed by atoms with Crippen LogP contribution in [0.5, 0.6) is 5.75 Å². The highest BCUT2D eigenvalue weighted by molar-refractivity contribution is 7.09. The Morgan fingerprint density at radius 3 is 2.67 bits per heavy atom. The number of benzene rings is 2. The van der Waals surface area contributed by atoms with E-state index < -0.39 is 0 Å². The molecule has 0 aliphatic heterocycles. The number of nitrogens with one attached hydrogen (secondary N) is 1. The van der Waals surface area contributed by atoms with E-state index in [9.17, 15) is 4.79 Å². The minimum atomic E-state index is -0.196. The summed E-state index contributed by atoms with van der Waals surface area (Å²) in [4.78, 5) is 17.2. The van der Waals surface area contributed by atoms with Crippen LogP contribution in [0, 0.1) is 6.92 Å². The molecule has 0 atom stereocenters. The Kier molecular flexibility index (Phi) is 4.91. The number of amides is 1. The first kappa shape index (κ1) is 16.2. The molecule has 122 valence electrons. The maximum atomic E-state index is 12.7. The van der Waals surface area contributed by atoms with E-state index in [1.165, 1.54) is 0 Å². The molecule has 1 amide bonds. The molecule has 1 N–H and O–H groups in total. The lowest BCUT2D eigenvalue weighted by atomic mass is 10.1. The van der Waals surface area contributed by atoms with Crippen LogP contribution in [0.4, 0.5) is 5.69 Å². The fourth-order valence-electron chi connectivity index (χ4n) is 2.43. The standard InChI is InChI=1S/C19H18N2O2S/c1-3-23-18-11-7-5-9-15(18)19(22)21-16-10-6-4-8-14(16)17-12-24-13(2)20-17/h4-12H,3H2,1-2H3,(H,21,22). The van der Waals surface area contributed by atoms with E-state index in [0.29, 0.717) is 17.9 Å². The van der Waals surface area contributed by atoms with E-state index in [0.717, 1.165) is 22.0 Å². The molecule has 4 nitrogen and oxygen atoms in total. The number of ether oxygens (including phenoxy) is 1. The van der Waals surface area contributed by atoms with Crippen LogP contribution in [0.1, 0.15) is 22.3 Å². The number of thiazole rings is 1. The third kappa shape index (κ3) is 3.46. The average molecular weight is 338 g/mol. The van der Waals surface area contributed by atoms with Crippen LogP contribution in [0.2, 0.25) is 0 Å². The predicted molar refractivity (Wildman–Crippen MR) is 97.9 cm³/mol. The van der Waals surface area contributed by atoms with Gasteiger partial charge in [-0.3, -0.25) is 4.79 Å². The molecular formula is C19H18N2O2S. The molecule has 1 heterocycles. The number of carbonyl (C=O) groups excluding carboxylic acids is 1. The third-order valence-corrected chi connectivity index (χ3v) is 4.28. The van der Waals surface area contributed by atoms with Crippen LogP contribution in [0.15, 0.2) is 53.9 Å². The first-order valence-electron chi connectivity index (χ1n) is 7.73. The van der Waals surface area contributed by atoms with Crippen LogP contribution in [0.25, 0.3) is 11.3 Å². The van der Waals surface area contributed by atoms with Crippen molar-refractivity contribution in [3.63, 3.8) is 0 Å². The number of aromatic nitrogens is 1. The summed E-state index contributed by atoms with van der Waals surface area (Å²) in [5.41, 5.74) is 3.03. The van der Waals surface area contributed by atoms with Crippen molar-refractivity contribution in [1.82, 2.24) is 4.98 Å². The van der Waals surface area contributed by atoms with Gasteiger partial charge < -0.3 is 10.1 Å². The van der Waals surface area contributed by atoms with E-state index in [2.05, 4.69) is 10.3 Å². The van der Waals surface area contributed by atoms with Crippen molar-refractivity contribution in [1.29, 1.82) is 0 Å². The van der Waals surface area contributed by atoms with Crippen LogP contribution < -0.4 is 10.1 Å². The summed E-state index contributed by atoms with van der Waals surface area (Å²) in [6.45, 7) is 4.38. The quantitative estimate of drug-likeness (QED) is 0.729. The second kappa shape index (κ2) is 7.27. The minimum Gasteiger partial charge on any atom is -0.493 e. The molecule has 3 rings (SSSR count). The van der Waals surface area contributed by atoms with E-state index in [1.807, 2.05) is 55.6 Å². The second-order valence-electron chi connectivity index (χ2n) is 5.18. The van der Waals surface area contributed by atoms with Crippen LogP contribution >= 0.6 is 11.3 Å². The summed E-state index contributed by atoms with van der Waals surface area (Å²) >= 11 is 1.59. The Balaban J connectivity index is 1.91. The van der Waals surface area contributed by atoms with Gasteiger partial charge in [-0.05, 0) is 32.0 Å². The zero-order valence-electron chi connectivity index (χ0n) is 13.6. The monoisotopic (exact) mass is 338 g/mol. The van der Waals surface area contributed by atoms with E-state index in [-0.39, 0.29) is 5.91 Å². The largest absolute Gasteiger partial charge is 0.493 e. The van der Waals surface area contributed by atoms with Crippen LogP contribution in [-0.4, -0.2) is 17.5 Å². The summed E-state index contributed by atoms with van der Waals surface area (Å²) in [5.74, 6) is 0.387. The normalized spacial score (nSPS) is 10.4. The number of hydrogen-bond donors (Lipinski definition) is 1. The maximum Gasteiger partial charge on any atom is 0.259 e. The van der Waals surface area contributed by atoms with Gasteiger partial charge in [0.2, 0.25) is 0 Å². The summed E-state index contributed by atoms with van der Waals surface area (Å²) < 4.78 is 5.54. The molecule has 0 unspecified atom stereocenters. The molecule has 3 aromatic rings. The Morgan fingerprint density at radius 1 is 1.17 bits per heavy atom. The Morgan fingerprint density at radius 2 is 1.92 bits per heavy atom. The fourth-order valence-corrected chi connectivity index (χ4v) is 3.04. The van der Waals surface area contributed by atoms with Gasteiger partial charge in [0.15, 0.2) is 0 Å². The van der Waals surface area contributed by atoms with Crippen molar-refractivity contribution in [2.75, 3.05) is 11.9 Å². The molecule has 0 saturated carbocycles. The van der Waals surface area contributed by atoms with Gasteiger partial charge in [0.25, 0.3) is 5.91 Å². The van der Waals surface area contributed by atoms with E-state index in [4.69, 9.17) is 4.74 Å². The molecule has 0 fully saturated rings. The number of carbonyl (C=O) groups is 1. The highest BCUT2D eigenvalue weighted by Crippen LogP contribution is 2.29. The van der Waals surface area contributed by atoms with Gasteiger partial charge in [-0.1, -0.05) is 30.3 Å². The van der Waals surface area contributed by atoms with Crippen molar-refractivity contribution >= 4 is 22.9 Å². The van der Waals surface area contributed by atoms with Crippen molar-refractivity contribution in [3.05, 3.63) is 64.5 Å². The van der Waals surface area contributed by atoms with Crippen LogP contribution in [0.3, 0.4) is 0 Å². The molecule has 0 aliphatic rings. The lowest BCUT2D eigenvalue weighted by Crippen LogP contribution is -2.14. The van der Waals surface area contributed by atoms with E-state index >= 15 is 0 Å². The Hall–Kier alpha value is -2.66. The van der Waals surface area contributed by atoms with Gasteiger partial charge in [-0.25, -0.2) is 4.98 Å². The summed E-state index contributed by atoms with van der Waals surface area (Å²) in [7, 11) is 0. The van der Waals surface area contributed by atoms with E-state index in [1.54, 1.807) is 23.5 Å². The maximum absolute atomic E-state index is 12.7. The number of nitrogens with zero attached hydrogens (tertiary/aromatic N) is 1. The summed E-state index contributed by atoms with van der Waals surface area (Å²) in [6, 6.07) is 14.9. The highest BCUT2D eigenvalue weighted by Gasteiger charge is 2.15. The third-order valence-electron chi connectivity index (χ3n) is 3.50. The first-order chi connectivity index (χ1) is 11.7. The number of rotatable bonds is 5. The molecule has 0 bridgehead atoms. The second-order valence-corrected chi connectivity index (χ2v) is 6.24. The summed E-state index contributed by atoms with van der Waals surface area (Å²) in [5, 5.41) is 5.97. The van der Waals surface area contributed by atoms with Crippen molar-refractivity contribution < 1.29 is 9.53 Å². The SMILES string of the molecule is CCOc1ccccc1C(=O)Nc1ccccc1-c1csc(C)n1. The molecule has 0 radical (unpaired) electrons. The summed E-state index contributed by atoms with van der Waals surface area (Å²) in [6.07, 6.45) is 0. The fraction of sp³-hybridized carbons (Fsp3) is 0.158. The predicted octanol–water partition coefficient (Wildman–Crippen LogP) is 4.77. The molecule has 2 aromatic carbocycles. The van der Waals surface area contributed by atoms with Gasteiger partial charge in [0.1, 0.15) is 5.75 Å². The molecule has 24 heavy (non-hydrogen) atoms. The lowest BCUT2D eigenvalue weighted by molar-refractivity contribution is 0.102. The lowest BCUT2D eigenvalue weighted by Gasteiger charge is -2.12. The Bertz CT molecular complexity index is 858. The zero-order valence-corrected chi connectivity index (χ0v) is 14.4. The van der Waals surface area contributed by atoms with Gasteiger partial charge in [0, 0.05) is 10.9 Å². The van der Waals surface area contributed by atoms with Gasteiger partial charge in [0.05, 0.1) is 28.6 Å². The molecular weight excluding hydrogens is 320 g/mol. The highest BCUT2D eigenvalue weighted by atomic mass is 32.1. The first-order valence-corrected chi connectivity index (χ1v) is 8.61. The number of anilines is 1. The molecule has 1 aromatic heterocycles. The van der Waals surface area contributed by atoms with Crippen molar-refractivity contribution in [2.24, 2.45) is 0 Å². The van der Waals surface area contributed by atoms with Gasteiger partial charge in [-0.2, -0.15) is 0 Å². The van der Waals surface area contributed by atoms with Crippen molar-refractivity contribution in [2.45, 2.75) is 13.8 Å². The van der Waals surface area contributed by atoms with Crippen LogP contribution in [-0.2, 0) is 0 Å². The topological polar surface area (TPSA) is 51.2 Å². The van der Waals surface area contributed by atoms with Crippen molar-refractivity contribution in [3.8, 4) is 17.0 Å². The zero-order chi connectivity index (χ0) is 16.9.